The Morgan fingerprint density at radius 2 is 1.73 bits per heavy atom. The molecule has 0 spiro atoms. The highest BCUT2D eigenvalue weighted by Crippen LogP contribution is 2.40. The van der Waals surface area contributed by atoms with Crippen LogP contribution < -0.4 is 10.6 Å². The molecule has 0 fully saturated rings. The van der Waals surface area contributed by atoms with Gasteiger partial charge in [-0.2, -0.15) is 0 Å². The summed E-state index contributed by atoms with van der Waals surface area (Å²) in [5.41, 5.74) is 2.25. The third kappa shape index (κ3) is 5.20. The molecule has 7 nitrogen and oxygen atoms in total. The van der Waals surface area contributed by atoms with Crippen LogP contribution in [0.5, 0.6) is 0 Å². The highest BCUT2D eigenvalue weighted by atomic mass is 35.5. The van der Waals surface area contributed by atoms with Gasteiger partial charge in [0.2, 0.25) is 0 Å². The summed E-state index contributed by atoms with van der Waals surface area (Å²) >= 11 is 12.1. The molecule has 1 heterocycles. The van der Waals surface area contributed by atoms with Crippen molar-refractivity contribution in [1.82, 2.24) is 10.3 Å². The summed E-state index contributed by atoms with van der Waals surface area (Å²) in [6, 6.07) is 6.39. The number of halogens is 2. The van der Waals surface area contributed by atoms with Crippen LogP contribution in [0.3, 0.4) is 0 Å². The molecule has 0 saturated carbocycles. The van der Waals surface area contributed by atoms with E-state index in [1.165, 1.54) is 12.4 Å². The van der Waals surface area contributed by atoms with Crippen molar-refractivity contribution in [1.29, 1.82) is 0 Å². The first-order chi connectivity index (χ1) is 15.6. The van der Waals surface area contributed by atoms with Gasteiger partial charge in [-0.05, 0) is 45.4 Å². The molecule has 0 aliphatic heterocycles. The number of Topliss-reactive ketones (excluding diaryl/α,β-unsaturated/α-hetero) is 1. The SMILES string of the molecule is CCOC(=O)[C@H](Cc1ccc(NC(=O)c2c(Cl)cncc2Cl)cc1)NC1=C(C)C(=O)C1(C)C. The molecule has 1 aliphatic rings. The molecule has 0 saturated heterocycles. The van der Waals surface area contributed by atoms with Crippen LogP contribution in [0.4, 0.5) is 5.69 Å². The van der Waals surface area contributed by atoms with E-state index in [0.29, 0.717) is 17.7 Å². The van der Waals surface area contributed by atoms with Gasteiger partial charge in [0.05, 0.1) is 27.6 Å². The van der Waals surface area contributed by atoms with E-state index < -0.39 is 23.3 Å². The number of esters is 1. The summed E-state index contributed by atoms with van der Waals surface area (Å²) in [7, 11) is 0. The van der Waals surface area contributed by atoms with Gasteiger partial charge in [-0.1, -0.05) is 35.3 Å². The zero-order valence-electron chi connectivity index (χ0n) is 18.8. The zero-order valence-corrected chi connectivity index (χ0v) is 20.3. The minimum Gasteiger partial charge on any atom is -0.464 e. The van der Waals surface area contributed by atoms with Gasteiger partial charge in [0.15, 0.2) is 5.78 Å². The third-order valence-electron chi connectivity index (χ3n) is 5.53. The molecule has 1 amide bonds. The first-order valence-corrected chi connectivity index (χ1v) is 11.2. The first-order valence-electron chi connectivity index (χ1n) is 10.4. The largest absolute Gasteiger partial charge is 0.464 e. The standard InChI is InChI=1S/C24H25Cl2N3O4/c1-5-33-23(32)18(29-20-13(2)21(30)24(20,3)4)10-14-6-8-15(9-7-14)28-22(31)19-16(25)11-27-12-17(19)26/h6-9,11-12,18,29H,5,10H2,1-4H3,(H,28,31)/t18-/m0/s1. The predicted molar refractivity (Wildman–Crippen MR) is 127 cm³/mol. The Kier molecular flexibility index (Phi) is 7.44. The highest BCUT2D eigenvalue weighted by molar-refractivity contribution is 6.40. The lowest BCUT2D eigenvalue weighted by Gasteiger charge is -2.39. The van der Waals surface area contributed by atoms with Crippen LogP contribution in [0.15, 0.2) is 47.9 Å². The van der Waals surface area contributed by atoms with Crippen LogP contribution in [-0.4, -0.2) is 35.3 Å². The number of amides is 1. The fourth-order valence-electron chi connectivity index (χ4n) is 3.78. The van der Waals surface area contributed by atoms with Gasteiger partial charge in [0.25, 0.3) is 5.91 Å². The second kappa shape index (κ2) is 9.93. The van der Waals surface area contributed by atoms with Crippen LogP contribution in [0, 0.1) is 5.41 Å². The number of carbonyl (C=O) groups is 3. The Balaban J connectivity index is 1.73. The minimum atomic E-state index is -0.655. The smallest absolute Gasteiger partial charge is 0.328 e. The third-order valence-corrected chi connectivity index (χ3v) is 6.10. The number of aromatic nitrogens is 1. The number of anilines is 1. The van der Waals surface area contributed by atoms with Gasteiger partial charge in [-0.3, -0.25) is 14.6 Å². The van der Waals surface area contributed by atoms with Gasteiger partial charge in [-0.15, -0.1) is 0 Å². The lowest BCUT2D eigenvalue weighted by molar-refractivity contribution is -0.145. The van der Waals surface area contributed by atoms with Gasteiger partial charge >= 0.3 is 5.97 Å². The van der Waals surface area contributed by atoms with Gasteiger partial charge in [0, 0.05) is 35.8 Å². The summed E-state index contributed by atoms with van der Waals surface area (Å²) in [6.07, 6.45) is 3.04. The van der Waals surface area contributed by atoms with Crippen molar-refractivity contribution in [3.05, 3.63) is 69.1 Å². The molecule has 9 heteroatoms. The Morgan fingerprint density at radius 3 is 2.27 bits per heavy atom. The average Bonchev–Trinajstić information content (AvgIpc) is 2.76. The number of nitrogens with one attached hydrogen (secondary N) is 2. The van der Waals surface area contributed by atoms with E-state index in [-0.39, 0.29) is 28.0 Å². The molecule has 1 aromatic carbocycles. The number of nitrogens with zero attached hydrogens (tertiary/aromatic N) is 1. The van der Waals surface area contributed by atoms with Crippen LogP contribution in [0.1, 0.15) is 43.6 Å². The molecule has 1 atom stereocenters. The maximum absolute atomic E-state index is 12.6. The number of ketones is 1. The molecule has 0 radical (unpaired) electrons. The summed E-state index contributed by atoms with van der Waals surface area (Å²) in [5.74, 6) is -0.792. The Hall–Kier alpha value is -2.90. The summed E-state index contributed by atoms with van der Waals surface area (Å²) in [5, 5.41) is 6.27. The number of allylic oxidation sites excluding steroid dienone is 2. The van der Waals surface area contributed by atoms with E-state index in [0.717, 1.165) is 11.3 Å². The average molecular weight is 490 g/mol. The van der Waals surface area contributed by atoms with Crippen LogP contribution >= 0.6 is 23.2 Å². The zero-order chi connectivity index (χ0) is 24.3. The first kappa shape index (κ1) is 24.7. The minimum absolute atomic E-state index is 0.0575. The van der Waals surface area contributed by atoms with Gasteiger partial charge < -0.3 is 15.4 Å². The lowest BCUT2D eigenvalue weighted by atomic mass is 9.69. The van der Waals surface area contributed by atoms with Crippen molar-refractivity contribution >= 4 is 46.5 Å². The summed E-state index contributed by atoms with van der Waals surface area (Å²) in [6.45, 7) is 7.39. The maximum atomic E-state index is 12.6. The van der Waals surface area contributed by atoms with E-state index in [1.54, 1.807) is 38.1 Å². The van der Waals surface area contributed by atoms with E-state index in [9.17, 15) is 14.4 Å². The van der Waals surface area contributed by atoms with E-state index >= 15 is 0 Å². The number of hydrogen-bond donors (Lipinski definition) is 2. The Morgan fingerprint density at radius 1 is 1.12 bits per heavy atom. The molecule has 2 aromatic rings. The molecule has 33 heavy (non-hydrogen) atoms. The molecule has 0 bridgehead atoms. The number of rotatable bonds is 8. The molecule has 174 valence electrons. The second-order valence-corrected chi connectivity index (χ2v) is 9.05. The normalized spacial score (nSPS) is 15.5. The van der Waals surface area contributed by atoms with Crippen LogP contribution in [0.2, 0.25) is 10.0 Å². The Bertz CT molecular complexity index is 1110. The second-order valence-electron chi connectivity index (χ2n) is 8.24. The summed E-state index contributed by atoms with van der Waals surface area (Å²) < 4.78 is 5.23. The lowest BCUT2D eigenvalue weighted by Crippen LogP contribution is -2.50. The molecule has 0 unspecified atom stereocenters. The molecule has 1 aliphatic carbocycles. The van der Waals surface area contributed by atoms with Crippen LogP contribution in [0.25, 0.3) is 0 Å². The van der Waals surface area contributed by atoms with E-state index in [4.69, 9.17) is 27.9 Å². The monoisotopic (exact) mass is 489 g/mol. The van der Waals surface area contributed by atoms with Crippen molar-refractivity contribution in [3.8, 4) is 0 Å². The Labute approximate surface area is 202 Å². The van der Waals surface area contributed by atoms with Crippen molar-refractivity contribution < 1.29 is 19.1 Å². The fraction of sp³-hybridized carbons (Fsp3) is 0.333. The predicted octanol–water partition coefficient (Wildman–Crippen LogP) is 4.59. The van der Waals surface area contributed by atoms with Crippen LogP contribution in [-0.2, 0) is 20.7 Å². The molecular weight excluding hydrogens is 465 g/mol. The topological polar surface area (TPSA) is 97.4 Å². The van der Waals surface area contributed by atoms with Crippen molar-refractivity contribution in [2.75, 3.05) is 11.9 Å². The van der Waals surface area contributed by atoms with Gasteiger partial charge in [-0.25, -0.2) is 4.79 Å². The van der Waals surface area contributed by atoms with E-state index in [2.05, 4.69) is 15.6 Å². The van der Waals surface area contributed by atoms with Crippen molar-refractivity contribution in [2.24, 2.45) is 5.41 Å². The summed E-state index contributed by atoms with van der Waals surface area (Å²) in [4.78, 5) is 41.1. The fourth-order valence-corrected chi connectivity index (χ4v) is 4.32. The molecular formula is C24H25Cl2N3O4. The highest BCUT2D eigenvalue weighted by Gasteiger charge is 2.45. The number of benzene rings is 1. The van der Waals surface area contributed by atoms with E-state index in [1.807, 2.05) is 13.8 Å². The molecule has 1 aromatic heterocycles. The molecule has 2 N–H and O–H groups in total. The number of pyridine rings is 1. The van der Waals surface area contributed by atoms with Gasteiger partial charge in [0.1, 0.15) is 6.04 Å². The number of carbonyl (C=O) groups excluding carboxylic acids is 3. The maximum Gasteiger partial charge on any atom is 0.328 e. The quantitative estimate of drug-likeness (QED) is 0.526. The van der Waals surface area contributed by atoms with Crippen molar-refractivity contribution in [3.63, 3.8) is 0 Å². The number of ether oxygens (including phenoxy) is 1. The molecule has 3 rings (SSSR count). The number of hydrogen-bond acceptors (Lipinski definition) is 6. The van der Waals surface area contributed by atoms with Crippen molar-refractivity contribution in [2.45, 2.75) is 40.2 Å².